The molecule has 0 saturated heterocycles. The maximum Gasteiger partial charge on any atom is 0.232 e. The number of carbonyl (C=O) groups is 2. The summed E-state index contributed by atoms with van der Waals surface area (Å²) in [7, 11) is 0. The zero-order valence-electron chi connectivity index (χ0n) is 15.8. The lowest BCUT2D eigenvalue weighted by Gasteiger charge is -2.43. The molecule has 1 amide bonds. The summed E-state index contributed by atoms with van der Waals surface area (Å²) < 4.78 is 13.4. The van der Waals surface area contributed by atoms with Gasteiger partial charge >= 0.3 is 0 Å². The monoisotopic (exact) mass is 397 g/mol. The molecule has 2 aliphatic rings. The van der Waals surface area contributed by atoms with Crippen LogP contribution in [0.4, 0.5) is 10.1 Å². The van der Waals surface area contributed by atoms with Crippen molar-refractivity contribution in [2.75, 3.05) is 4.90 Å². The number of anilines is 1. The molecule has 4 rings (SSSR count). The van der Waals surface area contributed by atoms with Crippen molar-refractivity contribution >= 4 is 29.0 Å². The lowest BCUT2D eigenvalue weighted by atomic mass is 9.69. The average molecular weight is 398 g/mol. The Balaban J connectivity index is 1.91. The minimum absolute atomic E-state index is 0.0516. The van der Waals surface area contributed by atoms with Gasteiger partial charge in [0.15, 0.2) is 5.78 Å². The molecule has 1 heterocycles. The zero-order chi connectivity index (χ0) is 20.1. The predicted octanol–water partition coefficient (Wildman–Crippen LogP) is 5.64. The summed E-state index contributed by atoms with van der Waals surface area (Å²) in [5.74, 6) is -0.774. The molecule has 3 nitrogen and oxygen atoms in total. The van der Waals surface area contributed by atoms with Crippen molar-refractivity contribution in [1.29, 1.82) is 0 Å². The summed E-state index contributed by atoms with van der Waals surface area (Å²) in [6.45, 7) is 4.06. The van der Waals surface area contributed by atoms with E-state index < -0.39 is 0 Å². The molecule has 5 heteroatoms. The molecule has 0 bridgehead atoms. The first-order valence-corrected chi connectivity index (χ1v) is 9.74. The standard InChI is InChI=1S/C23H21ClFNO2/c1-23(2)12-19-22(20(27)13-23)17(16-5-3-4-6-18(16)24)11-21(28)26(19)15-9-7-14(25)8-10-15/h3-10,17H,11-13H2,1-2H3/t17-/m0/s1. The van der Waals surface area contributed by atoms with Crippen LogP contribution in [0, 0.1) is 11.2 Å². The average Bonchev–Trinajstić information content (AvgIpc) is 2.61. The molecule has 28 heavy (non-hydrogen) atoms. The van der Waals surface area contributed by atoms with E-state index in [0.29, 0.717) is 34.8 Å². The normalized spacial score (nSPS) is 21.7. The van der Waals surface area contributed by atoms with Gasteiger partial charge in [0.25, 0.3) is 0 Å². The number of benzene rings is 2. The van der Waals surface area contributed by atoms with E-state index in [1.807, 2.05) is 32.0 Å². The molecule has 1 atom stereocenters. The first-order chi connectivity index (χ1) is 13.3. The third-order valence-corrected chi connectivity index (χ3v) is 5.85. The number of Topliss-reactive ketones (excluding diaryl/α,β-unsaturated/α-hetero) is 1. The maximum atomic E-state index is 13.4. The number of nitrogens with zero attached hydrogens (tertiary/aromatic N) is 1. The molecule has 2 aromatic carbocycles. The first-order valence-electron chi connectivity index (χ1n) is 9.36. The third kappa shape index (κ3) is 3.26. The summed E-state index contributed by atoms with van der Waals surface area (Å²) >= 11 is 6.41. The molecule has 0 spiro atoms. The first kappa shape index (κ1) is 18.9. The molecule has 0 unspecified atom stereocenters. The largest absolute Gasteiger partial charge is 0.294 e. The van der Waals surface area contributed by atoms with Crippen molar-refractivity contribution in [1.82, 2.24) is 0 Å². The molecule has 2 aromatic rings. The Morgan fingerprint density at radius 3 is 2.39 bits per heavy atom. The molecule has 1 aliphatic carbocycles. The summed E-state index contributed by atoms with van der Waals surface area (Å²) in [5.41, 5.74) is 2.51. The number of amides is 1. The number of allylic oxidation sites excluding steroid dienone is 2. The van der Waals surface area contributed by atoms with E-state index in [2.05, 4.69) is 0 Å². The second kappa shape index (κ2) is 6.85. The molecular weight excluding hydrogens is 377 g/mol. The molecular formula is C23H21ClFNO2. The molecule has 0 aromatic heterocycles. The fourth-order valence-electron chi connectivity index (χ4n) is 4.33. The van der Waals surface area contributed by atoms with E-state index in [-0.39, 0.29) is 35.3 Å². The number of hydrogen-bond acceptors (Lipinski definition) is 2. The van der Waals surface area contributed by atoms with Crippen LogP contribution in [0.1, 0.15) is 44.6 Å². The summed E-state index contributed by atoms with van der Waals surface area (Å²) in [6, 6.07) is 13.2. The van der Waals surface area contributed by atoms with Crippen LogP contribution in [0.25, 0.3) is 0 Å². The predicted molar refractivity (Wildman–Crippen MR) is 108 cm³/mol. The van der Waals surface area contributed by atoms with Crippen LogP contribution in [0.15, 0.2) is 59.8 Å². The van der Waals surface area contributed by atoms with Gasteiger partial charge in [-0.2, -0.15) is 0 Å². The van der Waals surface area contributed by atoms with Crippen LogP contribution >= 0.6 is 11.6 Å². The Labute approximate surface area is 168 Å². The van der Waals surface area contributed by atoms with Gasteiger partial charge in [-0.05, 0) is 47.7 Å². The molecule has 1 aliphatic heterocycles. The van der Waals surface area contributed by atoms with Crippen molar-refractivity contribution in [3.63, 3.8) is 0 Å². The highest BCUT2D eigenvalue weighted by Crippen LogP contribution is 2.49. The maximum absolute atomic E-state index is 13.4. The molecule has 0 N–H and O–H groups in total. The lowest BCUT2D eigenvalue weighted by Crippen LogP contribution is -2.43. The topological polar surface area (TPSA) is 37.4 Å². The summed E-state index contributed by atoms with van der Waals surface area (Å²) in [4.78, 5) is 28.0. The van der Waals surface area contributed by atoms with E-state index in [1.165, 1.54) is 12.1 Å². The molecule has 0 saturated carbocycles. The van der Waals surface area contributed by atoms with Crippen LogP contribution in [0.5, 0.6) is 0 Å². The highest BCUT2D eigenvalue weighted by atomic mass is 35.5. The van der Waals surface area contributed by atoms with E-state index in [0.717, 1.165) is 5.56 Å². The minimum Gasteiger partial charge on any atom is -0.294 e. The van der Waals surface area contributed by atoms with E-state index in [4.69, 9.17) is 11.6 Å². The Bertz CT molecular complexity index is 994. The summed E-state index contributed by atoms with van der Waals surface area (Å²) in [6.07, 6.45) is 1.18. The minimum atomic E-state index is -0.364. The zero-order valence-corrected chi connectivity index (χ0v) is 16.6. The van der Waals surface area contributed by atoms with Gasteiger partial charge in [-0.25, -0.2) is 4.39 Å². The van der Waals surface area contributed by atoms with Gasteiger partial charge in [0.2, 0.25) is 5.91 Å². The van der Waals surface area contributed by atoms with Crippen LogP contribution in [-0.4, -0.2) is 11.7 Å². The van der Waals surface area contributed by atoms with E-state index >= 15 is 0 Å². The Kier molecular flexibility index (Phi) is 4.62. The number of carbonyl (C=O) groups excluding carboxylic acids is 2. The molecule has 144 valence electrons. The Morgan fingerprint density at radius 1 is 1.04 bits per heavy atom. The van der Waals surface area contributed by atoms with Gasteiger partial charge in [-0.1, -0.05) is 43.6 Å². The van der Waals surface area contributed by atoms with Crippen molar-refractivity contribution in [3.05, 3.63) is 76.2 Å². The Morgan fingerprint density at radius 2 is 1.71 bits per heavy atom. The highest BCUT2D eigenvalue weighted by molar-refractivity contribution is 6.31. The number of hydrogen-bond donors (Lipinski definition) is 0. The van der Waals surface area contributed by atoms with Gasteiger partial charge < -0.3 is 0 Å². The summed E-state index contributed by atoms with van der Waals surface area (Å²) in [5, 5.41) is 0.556. The van der Waals surface area contributed by atoms with Gasteiger partial charge in [0.1, 0.15) is 5.82 Å². The molecule has 0 radical (unpaired) electrons. The van der Waals surface area contributed by atoms with Crippen LogP contribution < -0.4 is 4.90 Å². The van der Waals surface area contributed by atoms with Gasteiger partial charge in [0.05, 0.1) is 0 Å². The second-order valence-electron chi connectivity index (χ2n) is 8.29. The SMILES string of the molecule is CC1(C)CC(=O)C2=C(C1)N(c1ccc(F)cc1)C(=O)C[C@H]2c1ccccc1Cl. The van der Waals surface area contributed by atoms with Crippen LogP contribution in [-0.2, 0) is 9.59 Å². The number of halogens is 2. The van der Waals surface area contributed by atoms with Gasteiger partial charge in [-0.3, -0.25) is 14.5 Å². The van der Waals surface area contributed by atoms with Crippen LogP contribution in [0.3, 0.4) is 0 Å². The van der Waals surface area contributed by atoms with Crippen LogP contribution in [0.2, 0.25) is 5.02 Å². The van der Waals surface area contributed by atoms with E-state index in [1.54, 1.807) is 23.1 Å². The second-order valence-corrected chi connectivity index (χ2v) is 8.69. The van der Waals surface area contributed by atoms with E-state index in [9.17, 15) is 14.0 Å². The third-order valence-electron chi connectivity index (χ3n) is 5.51. The van der Waals surface area contributed by atoms with Crippen molar-refractivity contribution in [2.45, 2.75) is 39.0 Å². The highest BCUT2D eigenvalue weighted by Gasteiger charge is 2.44. The van der Waals surface area contributed by atoms with Gasteiger partial charge in [-0.15, -0.1) is 0 Å². The number of rotatable bonds is 2. The van der Waals surface area contributed by atoms with Gasteiger partial charge in [0, 0.05) is 40.7 Å². The quantitative estimate of drug-likeness (QED) is 0.657. The smallest absolute Gasteiger partial charge is 0.232 e. The lowest BCUT2D eigenvalue weighted by molar-refractivity contribution is -0.121. The van der Waals surface area contributed by atoms with Crippen molar-refractivity contribution < 1.29 is 14.0 Å². The molecule has 0 fully saturated rings. The fourth-order valence-corrected chi connectivity index (χ4v) is 4.60. The van der Waals surface area contributed by atoms with Crippen molar-refractivity contribution in [3.8, 4) is 0 Å². The Hall–Kier alpha value is -2.46. The van der Waals surface area contributed by atoms with Crippen molar-refractivity contribution in [2.24, 2.45) is 5.41 Å². The fraction of sp³-hybridized carbons (Fsp3) is 0.304. The number of ketones is 1.